The van der Waals surface area contributed by atoms with E-state index < -0.39 is 0 Å². The van der Waals surface area contributed by atoms with Crippen molar-refractivity contribution in [2.45, 2.75) is 78.6 Å². The van der Waals surface area contributed by atoms with Crippen LogP contribution >= 0.6 is 0 Å². The highest BCUT2D eigenvalue weighted by molar-refractivity contribution is 5.65. The molecule has 1 aliphatic rings. The third kappa shape index (κ3) is 7.84. The standard InChI is InChI=1S/C26H37N3/c1-5-7-9-13-22-16-17-24(19-23(22)14-10-8-6-2)26(28-20-27-4)29-25-15-11-12-21(3)18-25/h11-12,15-16,18-20,29H,4-10,13-14,17H2,1-3H3/b26-24-,28-20-. The van der Waals surface area contributed by atoms with Gasteiger partial charge in [-0.3, -0.25) is 4.99 Å². The van der Waals surface area contributed by atoms with Gasteiger partial charge in [-0.05, 0) is 80.2 Å². The zero-order valence-corrected chi connectivity index (χ0v) is 18.5. The van der Waals surface area contributed by atoms with Gasteiger partial charge in [0.05, 0.1) is 0 Å². The lowest BCUT2D eigenvalue weighted by Crippen LogP contribution is -2.06. The summed E-state index contributed by atoms with van der Waals surface area (Å²) in [6.07, 6.45) is 17.2. The summed E-state index contributed by atoms with van der Waals surface area (Å²) in [6, 6.07) is 8.38. The lowest BCUT2D eigenvalue weighted by atomic mass is 9.88. The van der Waals surface area contributed by atoms with Gasteiger partial charge in [0, 0.05) is 5.69 Å². The molecule has 29 heavy (non-hydrogen) atoms. The van der Waals surface area contributed by atoms with Crippen molar-refractivity contribution in [3.63, 3.8) is 0 Å². The Kier molecular flexibility index (Phi) is 10.2. The second kappa shape index (κ2) is 12.9. The molecule has 0 saturated heterocycles. The van der Waals surface area contributed by atoms with Crippen molar-refractivity contribution in [2.24, 2.45) is 9.98 Å². The second-order valence-corrected chi connectivity index (χ2v) is 7.81. The predicted molar refractivity (Wildman–Crippen MR) is 129 cm³/mol. The number of hydrogen-bond donors (Lipinski definition) is 1. The highest BCUT2D eigenvalue weighted by atomic mass is 15.1. The highest BCUT2D eigenvalue weighted by Gasteiger charge is 2.14. The Bertz CT molecular complexity index is 781. The molecule has 0 radical (unpaired) electrons. The quantitative estimate of drug-likeness (QED) is 0.220. The number of nitrogens with zero attached hydrogens (tertiary/aromatic N) is 2. The van der Waals surface area contributed by atoms with Gasteiger partial charge in [0.15, 0.2) is 0 Å². The molecule has 1 aromatic rings. The van der Waals surface area contributed by atoms with E-state index in [0.717, 1.165) is 24.4 Å². The average molecular weight is 392 g/mol. The molecule has 156 valence electrons. The van der Waals surface area contributed by atoms with Crippen molar-refractivity contribution in [2.75, 3.05) is 5.32 Å². The first-order valence-electron chi connectivity index (χ1n) is 11.1. The number of rotatable bonds is 12. The van der Waals surface area contributed by atoms with Crippen LogP contribution in [0.1, 0.15) is 77.2 Å². The second-order valence-electron chi connectivity index (χ2n) is 7.81. The molecule has 0 aliphatic heterocycles. The Balaban J connectivity index is 2.30. The van der Waals surface area contributed by atoms with Crippen LogP contribution < -0.4 is 5.32 Å². The number of aryl methyl sites for hydroxylation is 1. The van der Waals surface area contributed by atoms with Crippen LogP contribution in [-0.4, -0.2) is 13.1 Å². The SMILES string of the molecule is C=N/C=N\C(Nc1cccc(C)c1)=C1\C=C(CCCCC)C(CCCCC)=CC1. The van der Waals surface area contributed by atoms with Gasteiger partial charge in [-0.25, -0.2) is 4.99 Å². The molecule has 0 heterocycles. The number of hydrogen-bond acceptors (Lipinski definition) is 2. The summed E-state index contributed by atoms with van der Waals surface area (Å²) in [4.78, 5) is 8.38. The van der Waals surface area contributed by atoms with Crippen LogP contribution in [0, 0.1) is 6.92 Å². The van der Waals surface area contributed by atoms with Gasteiger partial charge in [0.1, 0.15) is 12.2 Å². The van der Waals surface area contributed by atoms with E-state index in [1.807, 2.05) is 0 Å². The third-order valence-electron chi connectivity index (χ3n) is 5.28. The zero-order valence-electron chi connectivity index (χ0n) is 18.5. The van der Waals surface area contributed by atoms with Crippen molar-refractivity contribution in [1.29, 1.82) is 0 Å². The Morgan fingerprint density at radius 1 is 1.07 bits per heavy atom. The zero-order chi connectivity index (χ0) is 20.9. The maximum Gasteiger partial charge on any atom is 0.135 e. The lowest BCUT2D eigenvalue weighted by molar-refractivity contribution is 0.686. The average Bonchev–Trinajstić information content (AvgIpc) is 2.72. The molecular formula is C26H37N3. The number of aliphatic imine (C=N–C) groups is 2. The van der Waals surface area contributed by atoms with E-state index in [1.165, 1.54) is 68.0 Å². The van der Waals surface area contributed by atoms with Crippen molar-refractivity contribution < 1.29 is 0 Å². The molecule has 3 nitrogen and oxygen atoms in total. The van der Waals surface area contributed by atoms with Gasteiger partial charge < -0.3 is 5.32 Å². The fourth-order valence-electron chi connectivity index (χ4n) is 3.67. The number of anilines is 1. The van der Waals surface area contributed by atoms with Crippen LogP contribution in [0.3, 0.4) is 0 Å². The van der Waals surface area contributed by atoms with Crippen molar-refractivity contribution in [3.8, 4) is 0 Å². The van der Waals surface area contributed by atoms with Crippen molar-refractivity contribution in [1.82, 2.24) is 0 Å². The Morgan fingerprint density at radius 3 is 2.45 bits per heavy atom. The number of benzene rings is 1. The molecule has 0 bridgehead atoms. The summed E-state index contributed by atoms with van der Waals surface area (Å²) >= 11 is 0. The summed E-state index contributed by atoms with van der Waals surface area (Å²) in [5.74, 6) is 0.861. The van der Waals surface area contributed by atoms with Gasteiger partial charge in [-0.2, -0.15) is 0 Å². The molecule has 0 saturated carbocycles. The normalized spacial score (nSPS) is 15.8. The number of allylic oxidation sites excluding steroid dienone is 5. The van der Waals surface area contributed by atoms with E-state index in [-0.39, 0.29) is 0 Å². The van der Waals surface area contributed by atoms with E-state index in [9.17, 15) is 0 Å². The Morgan fingerprint density at radius 2 is 1.79 bits per heavy atom. The lowest BCUT2D eigenvalue weighted by Gasteiger charge is -2.20. The maximum absolute atomic E-state index is 4.56. The summed E-state index contributed by atoms with van der Waals surface area (Å²) in [6.45, 7) is 10.2. The van der Waals surface area contributed by atoms with Gasteiger partial charge >= 0.3 is 0 Å². The summed E-state index contributed by atoms with van der Waals surface area (Å²) in [5.41, 5.74) is 6.52. The number of nitrogens with one attached hydrogen (secondary N) is 1. The maximum atomic E-state index is 4.56. The Labute approximate surface area is 177 Å². The molecule has 1 aromatic carbocycles. The molecule has 1 aliphatic carbocycles. The van der Waals surface area contributed by atoms with E-state index in [4.69, 9.17) is 0 Å². The molecule has 0 aromatic heterocycles. The fraction of sp³-hybridized carbons (Fsp3) is 0.462. The van der Waals surface area contributed by atoms with Crippen LogP contribution in [0.2, 0.25) is 0 Å². The smallest absolute Gasteiger partial charge is 0.135 e. The summed E-state index contributed by atoms with van der Waals surface area (Å²) in [5, 5.41) is 3.50. The molecule has 0 unspecified atom stereocenters. The molecule has 0 amide bonds. The molecule has 0 spiro atoms. The molecule has 2 rings (SSSR count). The molecular weight excluding hydrogens is 354 g/mol. The van der Waals surface area contributed by atoms with Crippen LogP contribution in [0.15, 0.2) is 68.9 Å². The minimum absolute atomic E-state index is 0.861. The third-order valence-corrected chi connectivity index (χ3v) is 5.28. The van der Waals surface area contributed by atoms with Crippen LogP contribution in [0.25, 0.3) is 0 Å². The minimum atomic E-state index is 0.861. The highest BCUT2D eigenvalue weighted by Crippen LogP contribution is 2.32. The Hall–Kier alpha value is -2.42. The van der Waals surface area contributed by atoms with Crippen molar-refractivity contribution in [3.05, 3.63) is 64.5 Å². The van der Waals surface area contributed by atoms with E-state index in [1.54, 1.807) is 5.57 Å². The van der Waals surface area contributed by atoms with Gasteiger partial charge in [0.2, 0.25) is 0 Å². The molecule has 0 fully saturated rings. The van der Waals surface area contributed by atoms with Gasteiger partial charge in [0.25, 0.3) is 0 Å². The fourth-order valence-corrected chi connectivity index (χ4v) is 3.67. The first-order chi connectivity index (χ1) is 14.2. The van der Waals surface area contributed by atoms with E-state index in [0.29, 0.717) is 0 Å². The van der Waals surface area contributed by atoms with Crippen LogP contribution in [0.5, 0.6) is 0 Å². The summed E-state index contributed by atoms with van der Waals surface area (Å²) in [7, 11) is 0. The van der Waals surface area contributed by atoms with E-state index >= 15 is 0 Å². The largest absolute Gasteiger partial charge is 0.340 e. The molecule has 0 atom stereocenters. The van der Waals surface area contributed by atoms with Crippen LogP contribution in [0.4, 0.5) is 5.69 Å². The number of unbranched alkanes of at least 4 members (excludes halogenated alkanes) is 4. The minimum Gasteiger partial charge on any atom is -0.340 e. The first kappa shape index (κ1) is 22.9. The molecule has 1 N–H and O–H groups in total. The van der Waals surface area contributed by atoms with Gasteiger partial charge in [-0.1, -0.05) is 63.8 Å². The van der Waals surface area contributed by atoms with Crippen molar-refractivity contribution >= 4 is 18.7 Å². The molecule has 3 heteroatoms. The van der Waals surface area contributed by atoms with Crippen LogP contribution in [-0.2, 0) is 0 Å². The first-order valence-corrected chi connectivity index (χ1v) is 11.1. The monoisotopic (exact) mass is 391 g/mol. The van der Waals surface area contributed by atoms with E-state index in [2.05, 4.69) is 79.2 Å². The summed E-state index contributed by atoms with van der Waals surface area (Å²) < 4.78 is 0. The predicted octanol–water partition coefficient (Wildman–Crippen LogP) is 7.76. The van der Waals surface area contributed by atoms with Gasteiger partial charge in [-0.15, -0.1) is 0 Å². The topological polar surface area (TPSA) is 36.8 Å².